The molecule has 3 heterocycles. The molecule has 1 aliphatic rings. The summed E-state index contributed by atoms with van der Waals surface area (Å²) in [5.74, 6) is 1.30. The highest BCUT2D eigenvalue weighted by Crippen LogP contribution is 2.25. The number of nitrogens with zero attached hydrogens (tertiary/aromatic N) is 3. The molecule has 3 aromatic heterocycles. The third-order valence-electron chi connectivity index (χ3n) is 4.57. The fourth-order valence-electron chi connectivity index (χ4n) is 3.27. The summed E-state index contributed by atoms with van der Waals surface area (Å²) in [5, 5.41) is 10.9. The Morgan fingerprint density at radius 2 is 2.16 bits per heavy atom. The summed E-state index contributed by atoms with van der Waals surface area (Å²) >= 11 is 0. The van der Waals surface area contributed by atoms with E-state index in [1.54, 1.807) is 24.4 Å². The van der Waals surface area contributed by atoms with E-state index in [0.717, 1.165) is 6.54 Å². The molecule has 1 aliphatic carbocycles. The van der Waals surface area contributed by atoms with Crippen molar-refractivity contribution in [2.24, 2.45) is 5.92 Å². The van der Waals surface area contributed by atoms with Crippen LogP contribution in [-0.2, 0) is 6.54 Å². The van der Waals surface area contributed by atoms with E-state index in [0.29, 0.717) is 23.1 Å². The van der Waals surface area contributed by atoms with E-state index in [1.807, 2.05) is 10.9 Å². The predicted molar refractivity (Wildman–Crippen MR) is 91.0 cm³/mol. The molecule has 25 heavy (non-hydrogen) atoms. The minimum atomic E-state index is -0.334. The van der Waals surface area contributed by atoms with Crippen molar-refractivity contribution in [3.63, 3.8) is 0 Å². The lowest BCUT2D eigenvalue weighted by Crippen LogP contribution is -2.14. The monoisotopic (exact) mass is 340 g/mol. The Labute approximate surface area is 145 Å². The number of aromatic nitrogens is 3. The number of carbonyl (C=O) groups is 1. The molecule has 4 rings (SSSR count). The highest BCUT2D eigenvalue weighted by molar-refractivity contribution is 6.03. The lowest BCUT2D eigenvalue weighted by Gasteiger charge is -2.21. The van der Waals surface area contributed by atoms with Gasteiger partial charge in [-0.25, -0.2) is 0 Å². The molecule has 7 nitrogen and oxygen atoms in total. The second-order valence-electron chi connectivity index (χ2n) is 6.46. The number of carbonyl (C=O) groups excluding carboxylic acids is 1. The first-order valence-electron chi connectivity index (χ1n) is 8.62. The standard InChI is InChI=1S/C18H20N4O3/c23-18(15-9-17(25-21-15)16-7-4-8-24-16)20-14-10-19-22(12-14)11-13-5-2-1-3-6-13/h4,7-10,12-13H,1-3,5-6,11H2,(H,20,23). The van der Waals surface area contributed by atoms with Crippen LogP contribution in [0.4, 0.5) is 5.69 Å². The normalized spacial score (nSPS) is 15.4. The number of anilines is 1. The second-order valence-corrected chi connectivity index (χ2v) is 6.46. The van der Waals surface area contributed by atoms with Crippen LogP contribution in [0.25, 0.3) is 11.5 Å². The number of hydrogen-bond donors (Lipinski definition) is 1. The van der Waals surface area contributed by atoms with Gasteiger partial charge in [-0.05, 0) is 30.9 Å². The van der Waals surface area contributed by atoms with E-state index in [1.165, 1.54) is 38.4 Å². The molecule has 0 bridgehead atoms. The molecule has 0 radical (unpaired) electrons. The fourth-order valence-corrected chi connectivity index (χ4v) is 3.27. The molecule has 0 aliphatic heterocycles. The Balaban J connectivity index is 1.38. The molecule has 0 saturated heterocycles. The third kappa shape index (κ3) is 3.65. The first kappa shape index (κ1) is 15.7. The Bertz CT molecular complexity index is 828. The SMILES string of the molecule is O=C(Nc1cnn(CC2CCCCC2)c1)c1cc(-c2ccco2)on1. The van der Waals surface area contributed by atoms with Crippen molar-refractivity contribution in [2.45, 2.75) is 38.6 Å². The number of amides is 1. The molecule has 1 fully saturated rings. The minimum absolute atomic E-state index is 0.200. The van der Waals surface area contributed by atoms with Crippen molar-refractivity contribution in [1.82, 2.24) is 14.9 Å². The van der Waals surface area contributed by atoms with Crippen LogP contribution in [0.2, 0.25) is 0 Å². The zero-order chi connectivity index (χ0) is 17.1. The molecule has 0 unspecified atom stereocenters. The average Bonchev–Trinajstić information content (AvgIpc) is 3.37. The van der Waals surface area contributed by atoms with Gasteiger partial charge in [0.05, 0.1) is 18.1 Å². The summed E-state index contributed by atoms with van der Waals surface area (Å²) < 4.78 is 12.3. The van der Waals surface area contributed by atoms with E-state index in [4.69, 9.17) is 8.94 Å². The predicted octanol–water partition coefficient (Wildman–Crippen LogP) is 3.96. The van der Waals surface area contributed by atoms with Crippen molar-refractivity contribution in [1.29, 1.82) is 0 Å². The summed E-state index contributed by atoms with van der Waals surface area (Å²) in [5.41, 5.74) is 0.856. The van der Waals surface area contributed by atoms with Crippen molar-refractivity contribution in [3.8, 4) is 11.5 Å². The summed E-state index contributed by atoms with van der Waals surface area (Å²) in [6.07, 6.45) is 11.5. The second kappa shape index (κ2) is 6.96. The molecular weight excluding hydrogens is 320 g/mol. The van der Waals surface area contributed by atoms with Gasteiger partial charge in [-0.15, -0.1) is 0 Å². The number of nitrogens with one attached hydrogen (secondary N) is 1. The highest BCUT2D eigenvalue weighted by Gasteiger charge is 2.17. The molecule has 1 saturated carbocycles. The van der Waals surface area contributed by atoms with Crippen LogP contribution in [0, 0.1) is 5.92 Å². The van der Waals surface area contributed by atoms with Gasteiger partial charge in [-0.1, -0.05) is 24.4 Å². The van der Waals surface area contributed by atoms with Gasteiger partial charge in [0.1, 0.15) is 0 Å². The molecule has 1 N–H and O–H groups in total. The Morgan fingerprint density at radius 3 is 2.96 bits per heavy atom. The van der Waals surface area contributed by atoms with Gasteiger partial charge in [-0.3, -0.25) is 9.48 Å². The van der Waals surface area contributed by atoms with Crippen LogP contribution in [0.1, 0.15) is 42.6 Å². The number of hydrogen-bond acceptors (Lipinski definition) is 5. The van der Waals surface area contributed by atoms with Crippen LogP contribution in [-0.4, -0.2) is 20.8 Å². The van der Waals surface area contributed by atoms with Gasteiger partial charge in [0, 0.05) is 18.8 Å². The zero-order valence-corrected chi connectivity index (χ0v) is 13.9. The van der Waals surface area contributed by atoms with Crippen LogP contribution in [0.15, 0.2) is 45.8 Å². The van der Waals surface area contributed by atoms with E-state index in [-0.39, 0.29) is 11.6 Å². The van der Waals surface area contributed by atoms with Gasteiger partial charge >= 0.3 is 0 Å². The fraction of sp³-hybridized carbons (Fsp3) is 0.389. The third-order valence-corrected chi connectivity index (χ3v) is 4.57. The van der Waals surface area contributed by atoms with Gasteiger partial charge in [0.2, 0.25) is 5.76 Å². The lowest BCUT2D eigenvalue weighted by molar-refractivity contribution is 0.101. The summed E-state index contributed by atoms with van der Waals surface area (Å²) in [6.45, 7) is 0.905. The maximum absolute atomic E-state index is 12.3. The van der Waals surface area contributed by atoms with Crippen LogP contribution >= 0.6 is 0 Å². The van der Waals surface area contributed by atoms with Crippen LogP contribution < -0.4 is 5.32 Å². The number of rotatable bonds is 5. The van der Waals surface area contributed by atoms with Crippen molar-refractivity contribution in [2.75, 3.05) is 5.32 Å². The number of furan rings is 1. The van der Waals surface area contributed by atoms with Gasteiger partial charge in [0.25, 0.3) is 5.91 Å². The molecule has 1 amide bonds. The average molecular weight is 340 g/mol. The Hall–Kier alpha value is -2.83. The van der Waals surface area contributed by atoms with E-state index >= 15 is 0 Å². The summed E-state index contributed by atoms with van der Waals surface area (Å²) in [4.78, 5) is 12.3. The van der Waals surface area contributed by atoms with Crippen molar-refractivity contribution < 1.29 is 13.7 Å². The maximum atomic E-state index is 12.3. The molecule has 130 valence electrons. The molecule has 3 aromatic rings. The quantitative estimate of drug-likeness (QED) is 0.759. The van der Waals surface area contributed by atoms with Crippen molar-refractivity contribution >= 4 is 11.6 Å². The first-order chi connectivity index (χ1) is 12.3. The lowest BCUT2D eigenvalue weighted by atomic mass is 9.89. The topological polar surface area (TPSA) is 86.1 Å². The smallest absolute Gasteiger partial charge is 0.277 e. The summed E-state index contributed by atoms with van der Waals surface area (Å²) in [7, 11) is 0. The Kier molecular flexibility index (Phi) is 4.37. The van der Waals surface area contributed by atoms with Gasteiger partial charge < -0.3 is 14.3 Å². The largest absolute Gasteiger partial charge is 0.461 e. The molecule has 0 atom stereocenters. The van der Waals surface area contributed by atoms with E-state index in [9.17, 15) is 4.79 Å². The molecular formula is C18H20N4O3. The Morgan fingerprint density at radius 1 is 1.28 bits per heavy atom. The van der Waals surface area contributed by atoms with E-state index < -0.39 is 0 Å². The van der Waals surface area contributed by atoms with E-state index in [2.05, 4.69) is 15.6 Å². The first-order valence-corrected chi connectivity index (χ1v) is 8.62. The zero-order valence-electron chi connectivity index (χ0n) is 13.9. The molecule has 0 aromatic carbocycles. The van der Waals surface area contributed by atoms with Crippen LogP contribution in [0.5, 0.6) is 0 Å². The van der Waals surface area contributed by atoms with Crippen molar-refractivity contribution in [3.05, 3.63) is 42.5 Å². The summed E-state index contributed by atoms with van der Waals surface area (Å²) in [6, 6.07) is 5.05. The maximum Gasteiger partial charge on any atom is 0.277 e. The highest BCUT2D eigenvalue weighted by atomic mass is 16.5. The molecule has 0 spiro atoms. The van der Waals surface area contributed by atoms with Gasteiger partial charge in [-0.2, -0.15) is 5.10 Å². The van der Waals surface area contributed by atoms with Crippen LogP contribution in [0.3, 0.4) is 0 Å². The molecule has 7 heteroatoms. The van der Waals surface area contributed by atoms with Gasteiger partial charge in [0.15, 0.2) is 11.5 Å². The minimum Gasteiger partial charge on any atom is -0.461 e.